The van der Waals surface area contributed by atoms with Crippen LogP contribution in [0.5, 0.6) is 0 Å². The van der Waals surface area contributed by atoms with Crippen LogP contribution in [0.1, 0.15) is 33.3 Å². The van der Waals surface area contributed by atoms with Crippen molar-refractivity contribution in [1.29, 1.82) is 0 Å². The molecule has 1 aromatic carbocycles. The fourth-order valence-electron chi connectivity index (χ4n) is 3.12. The average Bonchev–Trinajstić information content (AvgIpc) is 2.75. The second-order valence-corrected chi connectivity index (χ2v) is 9.56. The smallest absolute Gasteiger partial charge is 0.328 e. The molecule has 149 valence electrons. The fraction of sp³-hybridized carbons (Fsp3) is 0.526. The number of rotatable bonds is 5. The topological polar surface area (TPSA) is 91.2 Å². The molecule has 1 aromatic rings. The molecule has 8 heteroatoms. The molecule has 3 N–H and O–H groups in total. The van der Waals surface area contributed by atoms with E-state index in [0.29, 0.717) is 12.1 Å². The first-order valence-electron chi connectivity index (χ1n) is 8.21. The number of methoxy groups -OCH3 is 1. The Labute approximate surface area is 192 Å². The molecular weight excluding hydrogens is 439 g/mol. The van der Waals surface area contributed by atoms with E-state index >= 15 is 0 Å². The van der Waals surface area contributed by atoms with Crippen LogP contribution in [-0.2, 0) is 53.5 Å². The number of esters is 1. The van der Waals surface area contributed by atoms with Crippen molar-refractivity contribution >= 4 is 29.3 Å². The number of amides is 1. The molecule has 1 aliphatic rings. The Bertz CT molecular complexity index is 650. The third-order valence-electron chi connectivity index (χ3n) is 4.16. The second kappa shape index (κ2) is 10.2. The van der Waals surface area contributed by atoms with Gasteiger partial charge < -0.3 is 23.2 Å². The maximum Gasteiger partial charge on any atom is 0.328 e. The molecule has 0 aromatic heterocycles. The molecule has 1 saturated heterocycles. The number of carbonyl (C=O) groups is 2. The van der Waals surface area contributed by atoms with E-state index in [9.17, 15) is 9.59 Å². The molecule has 0 bridgehead atoms. The number of benzene rings is 1. The number of ether oxygens (including phenoxy) is 1. The summed E-state index contributed by atoms with van der Waals surface area (Å²) in [4.78, 5) is 24.7. The van der Waals surface area contributed by atoms with Gasteiger partial charge in [-0.15, -0.1) is 17.4 Å². The van der Waals surface area contributed by atoms with Gasteiger partial charge in [-0.2, -0.15) is 0 Å². The van der Waals surface area contributed by atoms with Crippen LogP contribution in [0.15, 0.2) is 24.3 Å². The maximum atomic E-state index is 12.8. The van der Waals surface area contributed by atoms with E-state index in [0.717, 1.165) is 5.56 Å². The zero-order chi connectivity index (χ0) is 18.8. The Morgan fingerprint density at radius 1 is 1.26 bits per heavy atom. The van der Waals surface area contributed by atoms with Crippen LogP contribution >= 0.6 is 11.8 Å². The van der Waals surface area contributed by atoms with E-state index < -0.39 is 18.1 Å². The zero-order valence-corrected chi connectivity index (χ0v) is 20.5. The van der Waals surface area contributed by atoms with Crippen molar-refractivity contribution < 1.29 is 47.0 Å². The maximum absolute atomic E-state index is 12.8. The predicted octanol–water partition coefficient (Wildman–Crippen LogP) is 3.24. The minimum atomic E-state index is -0.764. The minimum absolute atomic E-state index is 0. The summed E-state index contributed by atoms with van der Waals surface area (Å²) in [6.07, 6.45) is 0.322. The minimum Gasteiger partial charge on any atom is -0.699 e. The molecule has 1 fully saturated rings. The summed E-state index contributed by atoms with van der Waals surface area (Å²) >= 11 is 1.70. The molecule has 1 aliphatic heterocycles. The van der Waals surface area contributed by atoms with E-state index in [4.69, 9.17) is 10.5 Å². The van der Waals surface area contributed by atoms with Gasteiger partial charge in [0.15, 0.2) is 0 Å². The average molecular weight is 468 g/mol. The monoisotopic (exact) mass is 468 g/mol. The molecule has 0 spiro atoms. The first kappa shape index (κ1) is 26.4. The Morgan fingerprint density at radius 2 is 1.81 bits per heavy atom. The molecule has 2 unspecified atom stereocenters. The van der Waals surface area contributed by atoms with Gasteiger partial charge in [-0.1, -0.05) is 24.3 Å². The summed E-state index contributed by atoms with van der Waals surface area (Å²) in [6, 6.07) is 5.71. The van der Waals surface area contributed by atoms with Crippen molar-refractivity contribution in [2.75, 3.05) is 7.11 Å². The van der Waals surface area contributed by atoms with Gasteiger partial charge in [-0.3, -0.25) is 10.1 Å². The van der Waals surface area contributed by atoms with Crippen LogP contribution in [0.2, 0.25) is 0 Å². The van der Waals surface area contributed by atoms with Crippen LogP contribution in [0.3, 0.4) is 0 Å². The Balaban J connectivity index is 0.00000338. The number of hydrogen-bond acceptors (Lipinski definition) is 5. The number of thioether (sulfide) groups is 1. The molecule has 0 aliphatic carbocycles. The van der Waals surface area contributed by atoms with Gasteiger partial charge in [0.1, 0.15) is 12.1 Å². The summed E-state index contributed by atoms with van der Waals surface area (Å²) in [5, 5.41) is 6.16. The van der Waals surface area contributed by atoms with Crippen molar-refractivity contribution in [3.63, 3.8) is 0 Å². The number of carbonyl (C=O) groups excluding carboxylic acids is 2. The normalized spacial score (nSPS) is 20.6. The van der Waals surface area contributed by atoms with Gasteiger partial charge in [0.05, 0.1) is 12.0 Å². The van der Waals surface area contributed by atoms with Crippen LogP contribution in [-0.4, -0.2) is 40.7 Å². The fourth-order valence-corrected chi connectivity index (χ4v) is 4.89. The summed E-state index contributed by atoms with van der Waals surface area (Å²) < 4.78 is 4.56. The van der Waals surface area contributed by atoms with Crippen molar-refractivity contribution in [1.82, 2.24) is 10.6 Å². The summed E-state index contributed by atoms with van der Waals surface area (Å²) in [5.41, 5.74) is 8.79. The van der Waals surface area contributed by atoms with Crippen molar-refractivity contribution in [3.05, 3.63) is 43.0 Å². The summed E-state index contributed by atoms with van der Waals surface area (Å²) in [7, 11) is 1.31. The van der Waals surface area contributed by atoms with E-state index in [1.807, 2.05) is 27.7 Å². The standard InChI is InChI=1S/C18H26N3O3S.CH3.Y/c1-17(2)14(21-18(3,4)25-17)15(22)20-13(16(23)24-5)10-11-6-8-12(19)9-7-11;;/h6-9,13-14,19,21H,10H2,1-5H3,(H,20,22);1H3;/q2*-1;. The van der Waals surface area contributed by atoms with E-state index in [1.54, 1.807) is 36.0 Å². The molecule has 2 atom stereocenters. The Kier molecular flexibility index (Phi) is 10.00. The van der Waals surface area contributed by atoms with E-state index in [2.05, 4.69) is 10.6 Å². The predicted molar refractivity (Wildman–Crippen MR) is 107 cm³/mol. The first-order chi connectivity index (χ1) is 11.5. The Hall–Kier alpha value is -0.626. The zero-order valence-electron chi connectivity index (χ0n) is 16.9. The number of nitrogens with one attached hydrogen (secondary N) is 3. The first-order valence-corrected chi connectivity index (χ1v) is 9.02. The van der Waals surface area contributed by atoms with Crippen LogP contribution in [0.4, 0.5) is 5.69 Å². The third kappa shape index (κ3) is 7.04. The second-order valence-electron chi connectivity index (χ2n) is 7.28. The van der Waals surface area contributed by atoms with Crippen molar-refractivity contribution in [2.24, 2.45) is 0 Å². The van der Waals surface area contributed by atoms with Gasteiger partial charge in [0, 0.05) is 43.9 Å². The van der Waals surface area contributed by atoms with Crippen LogP contribution in [0.25, 0.3) is 5.73 Å². The van der Waals surface area contributed by atoms with Gasteiger partial charge in [0.25, 0.3) is 0 Å². The van der Waals surface area contributed by atoms with E-state index in [1.165, 1.54) is 7.11 Å². The molecule has 6 nitrogen and oxygen atoms in total. The van der Waals surface area contributed by atoms with Crippen LogP contribution < -0.4 is 10.6 Å². The molecule has 1 radical (unpaired) electrons. The summed E-state index contributed by atoms with van der Waals surface area (Å²) in [6.45, 7) is 8.10. The van der Waals surface area contributed by atoms with Gasteiger partial charge in [-0.05, 0) is 33.3 Å². The molecule has 27 heavy (non-hydrogen) atoms. The van der Waals surface area contributed by atoms with Crippen molar-refractivity contribution in [2.45, 2.75) is 55.8 Å². The SMILES string of the molecule is COC(=O)C(Cc1ccc([NH-])cc1)NC(=O)C1NC(C)(C)SC1(C)C.[CH3-].[Y]. The van der Waals surface area contributed by atoms with E-state index in [-0.39, 0.29) is 55.7 Å². The van der Waals surface area contributed by atoms with Gasteiger partial charge >= 0.3 is 5.97 Å². The third-order valence-corrected chi connectivity index (χ3v) is 5.55. The molecule has 1 amide bonds. The van der Waals surface area contributed by atoms with Crippen molar-refractivity contribution in [3.8, 4) is 0 Å². The van der Waals surface area contributed by atoms with Crippen LogP contribution in [0, 0.1) is 7.43 Å². The quantitative estimate of drug-likeness (QED) is 0.512. The van der Waals surface area contributed by atoms with Gasteiger partial charge in [-0.25, -0.2) is 4.79 Å². The molecular formula is C19H29N3O3SY-2. The summed E-state index contributed by atoms with van der Waals surface area (Å²) in [5.74, 6) is -0.693. The van der Waals surface area contributed by atoms with Gasteiger partial charge in [0.2, 0.25) is 5.91 Å². The molecule has 0 saturated carbocycles. The largest absolute Gasteiger partial charge is 0.699 e. The molecule has 2 rings (SSSR count). The number of hydrogen-bond donors (Lipinski definition) is 2. The Morgan fingerprint density at radius 3 is 2.26 bits per heavy atom. The molecule has 1 heterocycles.